The first kappa shape index (κ1) is 32.1. The van der Waals surface area contributed by atoms with E-state index in [0.717, 1.165) is 64.1 Å². The van der Waals surface area contributed by atoms with Crippen LogP contribution < -0.4 is 15.1 Å². The Balaban J connectivity index is 1.40. The van der Waals surface area contributed by atoms with E-state index in [9.17, 15) is 45.5 Å². The lowest BCUT2D eigenvalue weighted by atomic mass is 9.83. The van der Waals surface area contributed by atoms with Gasteiger partial charge in [-0.05, 0) is 48.0 Å². The molecule has 46 heavy (non-hydrogen) atoms. The van der Waals surface area contributed by atoms with Crippen molar-refractivity contribution in [3.05, 3.63) is 109 Å². The lowest BCUT2D eigenvalue weighted by Crippen LogP contribution is -2.33. The molecule has 0 radical (unpaired) electrons. The lowest BCUT2D eigenvalue weighted by molar-refractivity contribution is -0.138. The number of nitrogens with zero attached hydrogens (tertiary/aromatic N) is 2. The van der Waals surface area contributed by atoms with Crippen LogP contribution in [-0.2, 0) is 33.3 Å². The van der Waals surface area contributed by atoms with Crippen LogP contribution in [0.5, 0.6) is 0 Å². The van der Waals surface area contributed by atoms with Crippen molar-refractivity contribution in [2.75, 3.05) is 10.2 Å². The van der Waals surface area contributed by atoms with E-state index in [1.165, 1.54) is 12.1 Å². The Morgan fingerprint density at radius 3 is 2.24 bits per heavy atom. The predicted molar refractivity (Wildman–Crippen MR) is 162 cm³/mol. The fourth-order valence-corrected chi connectivity index (χ4v) is 8.59. The smallest absolute Gasteiger partial charge is 0.325 e. The van der Waals surface area contributed by atoms with Gasteiger partial charge in [0.05, 0.1) is 27.8 Å². The Bertz CT molecular complexity index is 1940. The first-order chi connectivity index (χ1) is 21.6. The van der Waals surface area contributed by atoms with Crippen LogP contribution in [0.4, 0.5) is 37.7 Å². The van der Waals surface area contributed by atoms with Gasteiger partial charge in [-0.3, -0.25) is 23.7 Å². The van der Waals surface area contributed by atoms with Crippen LogP contribution in [0.25, 0.3) is 0 Å². The number of para-hydroxylation sites is 1. The molecule has 1 aromatic heterocycles. The third kappa shape index (κ3) is 5.77. The quantitative estimate of drug-likeness (QED) is 0.174. The third-order valence-electron chi connectivity index (χ3n) is 7.50. The van der Waals surface area contributed by atoms with Crippen molar-refractivity contribution in [3.63, 3.8) is 0 Å². The van der Waals surface area contributed by atoms with Crippen molar-refractivity contribution in [1.82, 2.24) is 4.57 Å². The standard InChI is InChI=1S/C30H18BrF6N3O4S2/c31-16-10-8-14(9-11-16)21-22-23(26(43)40(25(22)42)19-7-2-1-6-18(19)30(35,36)37)45-27-24(21)46-28(44)39(27)13-20(41)38-17-5-3-4-15(12-17)29(32,33)34/h1-12,21-23H,13H2,(H,38,41). The Morgan fingerprint density at radius 2 is 1.57 bits per heavy atom. The highest BCUT2D eigenvalue weighted by Crippen LogP contribution is 2.54. The molecule has 1 saturated heterocycles. The van der Waals surface area contributed by atoms with Crippen molar-refractivity contribution < 1.29 is 40.7 Å². The van der Waals surface area contributed by atoms with Crippen molar-refractivity contribution >= 4 is 68.1 Å². The Labute approximate surface area is 272 Å². The summed E-state index contributed by atoms with van der Waals surface area (Å²) < 4.78 is 83.0. The summed E-state index contributed by atoms with van der Waals surface area (Å²) in [5, 5.41) is 1.26. The zero-order valence-corrected chi connectivity index (χ0v) is 26.1. The van der Waals surface area contributed by atoms with Gasteiger partial charge in [0.25, 0.3) is 0 Å². The maximum atomic E-state index is 14.0. The minimum absolute atomic E-state index is 0.159. The number of aromatic nitrogens is 1. The molecule has 3 heterocycles. The highest BCUT2D eigenvalue weighted by atomic mass is 79.9. The van der Waals surface area contributed by atoms with Crippen molar-refractivity contribution in [2.45, 2.75) is 35.1 Å². The van der Waals surface area contributed by atoms with Crippen molar-refractivity contribution in [2.24, 2.45) is 5.92 Å². The van der Waals surface area contributed by atoms with E-state index >= 15 is 0 Å². The lowest BCUT2D eigenvalue weighted by Gasteiger charge is -2.30. The Kier molecular flexibility index (Phi) is 8.17. The number of anilines is 2. The molecule has 3 unspecified atom stereocenters. The van der Waals surface area contributed by atoms with Gasteiger partial charge in [0, 0.05) is 21.0 Å². The van der Waals surface area contributed by atoms with Gasteiger partial charge in [0.1, 0.15) is 11.8 Å². The summed E-state index contributed by atoms with van der Waals surface area (Å²) >= 11 is 4.85. The average molecular weight is 743 g/mol. The molecule has 0 bridgehead atoms. The highest BCUT2D eigenvalue weighted by molar-refractivity contribution is 9.10. The number of rotatable bonds is 5. The number of hydrogen-bond donors (Lipinski definition) is 1. The van der Waals surface area contributed by atoms with Crippen LogP contribution >= 0.6 is 39.0 Å². The first-order valence-corrected chi connectivity index (χ1v) is 15.8. The molecule has 4 aromatic rings. The van der Waals surface area contributed by atoms with E-state index in [-0.39, 0.29) is 10.7 Å². The molecule has 3 atom stereocenters. The molecule has 1 fully saturated rings. The minimum atomic E-state index is -4.87. The van der Waals surface area contributed by atoms with E-state index in [0.29, 0.717) is 19.8 Å². The van der Waals surface area contributed by atoms with E-state index in [1.54, 1.807) is 24.3 Å². The van der Waals surface area contributed by atoms with Gasteiger partial charge >= 0.3 is 17.2 Å². The molecule has 0 aliphatic carbocycles. The summed E-state index contributed by atoms with van der Waals surface area (Å²) in [6.45, 7) is -0.638. The maximum Gasteiger partial charge on any atom is 0.418 e. The molecule has 7 nitrogen and oxygen atoms in total. The molecule has 2 aliphatic rings. The van der Waals surface area contributed by atoms with Gasteiger partial charge in [-0.15, -0.1) is 0 Å². The molecular formula is C30H18BrF6N3O4S2. The number of nitrogens with one attached hydrogen (secondary N) is 1. The number of carbonyl (C=O) groups is 3. The van der Waals surface area contributed by atoms with Gasteiger partial charge < -0.3 is 5.32 Å². The second-order valence-electron chi connectivity index (χ2n) is 10.4. The normalized spacial score (nSPS) is 19.6. The zero-order valence-electron chi connectivity index (χ0n) is 22.9. The predicted octanol–water partition coefficient (Wildman–Crippen LogP) is 7.14. The van der Waals surface area contributed by atoms with Crippen LogP contribution in [0.3, 0.4) is 0 Å². The fourth-order valence-electron chi connectivity index (χ4n) is 5.55. The van der Waals surface area contributed by atoms with Crippen LogP contribution in [0, 0.1) is 5.92 Å². The number of amides is 3. The van der Waals surface area contributed by atoms with E-state index < -0.39 is 75.4 Å². The second-order valence-corrected chi connectivity index (χ2v) is 13.4. The molecule has 2 aliphatic heterocycles. The monoisotopic (exact) mass is 741 g/mol. The SMILES string of the molecule is O=C(Cn1c2c(sc1=O)C(c1ccc(Br)cc1)C1C(=O)N(c3ccccc3C(F)(F)F)C(=O)C1S2)Nc1cccc(C(F)(F)F)c1. The Morgan fingerprint density at radius 1 is 0.870 bits per heavy atom. The summed E-state index contributed by atoms with van der Waals surface area (Å²) in [7, 11) is 0. The van der Waals surface area contributed by atoms with Gasteiger partial charge in [0.2, 0.25) is 17.7 Å². The summed E-state index contributed by atoms with van der Waals surface area (Å²) in [6, 6.07) is 14.8. The zero-order chi connectivity index (χ0) is 33.1. The summed E-state index contributed by atoms with van der Waals surface area (Å²) in [4.78, 5) is 54.3. The average Bonchev–Trinajstić information content (AvgIpc) is 3.43. The number of thioether (sulfide) groups is 1. The van der Waals surface area contributed by atoms with Gasteiger partial charge in [-0.2, -0.15) is 26.3 Å². The molecule has 6 rings (SSSR count). The first-order valence-electron chi connectivity index (χ1n) is 13.3. The number of fused-ring (bicyclic) bond motifs is 2. The largest absolute Gasteiger partial charge is 0.418 e. The van der Waals surface area contributed by atoms with Crippen LogP contribution in [-0.4, -0.2) is 27.5 Å². The van der Waals surface area contributed by atoms with Crippen LogP contribution in [0.15, 0.2) is 87.1 Å². The molecule has 3 amide bonds. The van der Waals surface area contributed by atoms with Crippen molar-refractivity contribution in [3.8, 4) is 0 Å². The number of imide groups is 1. The molecule has 16 heteroatoms. The van der Waals surface area contributed by atoms with E-state index in [4.69, 9.17) is 0 Å². The van der Waals surface area contributed by atoms with E-state index in [2.05, 4.69) is 21.2 Å². The topological polar surface area (TPSA) is 88.5 Å². The number of carbonyl (C=O) groups excluding carboxylic acids is 3. The number of thiazole rings is 1. The molecule has 0 spiro atoms. The van der Waals surface area contributed by atoms with Gasteiger partial charge in [0.15, 0.2) is 0 Å². The minimum Gasteiger partial charge on any atom is -0.325 e. The molecule has 3 aromatic carbocycles. The maximum absolute atomic E-state index is 14.0. The van der Waals surface area contributed by atoms with Gasteiger partial charge in [-0.25, -0.2) is 4.90 Å². The number of halogens is 7. The van der Waals surface area contributed by atoms with Crippen LogP contribution in [0.2, 0.25) is 0 Å². The third-order valence-corrected chi connectivity index (χ3v) is 10.6. The fraction of sp³-hybridized carbons (Fsp3) is 0.200. The summed E-state index contributed by atoms with van der Waals surface area (Å²) in [5.74, 6) is -4.73. The molecule has 1 N–H and O–H groups in total. The summed E-state index contributed by atoms with van der Waals surface area (Å²) in [5.41, 5.74) is -2.42. The molecule has 238 valence electrons. The second kappa shape index (κ2) is 11.7. The molecular weight excluding hydrogens is 724 g/mol. The molecule has 0 saturated carbocycles. The summed E-state index contributed by atoms with van der Waals surface area (Å²) in [6.07, 6.45) is -9.52. The number of hydrogen-bond acceptors (Lipinski definition) is 6. The van der Waals surface area contributed by atoms with E-state index in [1.807, 2.05) is 0 Å². The van der Waals surface area contributed by atoms with Gasteiger partial charge in [-0.1, -0.05) is 69.4 Å². The van der Waals surface area contributed by atoms with Crippen LogP contribution in [0.1, 0.15) is 27.5 Å². The highest BCUT2D eigenvalue weighted by Gasteiger charge is 2.57. The number of benzene rings is 3. The number of alkyl halides is 6. The van der Waals surface area contributed by atoms with Crippen molar-refractivity contribution in [1.29, 1.82) is 0 Å². The Hall–Kier alpha value is -3.89.